The first kappa shape index (κ1) is 24.6. The summed E-state index contributed by atoms with van der Waals surface area (Å²) in [6.45, 7) is 3.27. The largest absolute Gasteiger partial charge is 0.484 e. The van der Waals surface area contributed by atoms with Crippen LogP contribution in [0.15, 0.2) is 42.6 Å². The van der Waals surface area contributed by atoms with Crippen molar-refractivity contribution in [1.82, 2.24) is 10.3 Å². The van der Waals surface area contributed by atoms with Crippen molar-refractivity contribution in [3.63, 3.8) is 0 Å². The standard InChI is InChI=1S/C19H22F3N2O6P/c1-3-28-31(26,29-4-2)13-24-17(25)12-27-14-7-9-15(10-8-14)30-18-16(19(20,21)22)6-5-11-23-18/h5-11H,3-4,12-13H2,1-2H3,(H,24,25). The van der Waals surface area contributed by atoms with Crippen LogP contribution in [0.2, 0.25) is 0 Å². The summed E-state index contributed by atoms with van der Waals surface area (Å²) < 4.78 is 71.9. The average Bonchev–Trinajstić information content (AvgIpc) is 2.72. The van der Waals surface area contributed by atoms with Gasteiger partial charge in [-0.2, -0.15) is 13.2 Å². The zero-order chi connectivity index (χ0) is 22.9. The zero-order valence-electron chi connectivity index (χ0n) is 16.8. The number of nitrogens with one attached hydrogen (secondary N) is 1. The summed E-state index contributed by atoms with van der Waals surface area (Å²) in [4.78, 5) is 15.5. The van der Waals surface area contributed by atoms with E-state index in [-0.39, 0.29) is 37.6 Å². The molecule has 0 radical (unpaired) electrons. The molecule has 12 heteroatoms. The van der Waals surface area contributed by atoms with Gasteiger partial charge >= 0.3 is 13.8 Å². The molecule has 31 heavy (non-hydrogen) atoms. The van der Waals surface area contributed by atoms with Crippen LogP contribution in [0.25, 0.3) is 0 Å². The number of carbonyl (C=O) groups is 1. The van der Waals surface area contributed by atoms with Crippen molar-refractivity contribution in [1.29, 1.82) is 0 Å². The highest BCUT2D eigenvalue weighted by atomic mass is 31.2. The van der Waals surface area contributed by atoms with Gasteiger partial charge in [-0.3, -0.25) is 9.36 Å². The van der Waals surface area contributed by atoms with Crippen LogP contribution in [-0.4, -0.2) is 37.0 Å². The number of halogens is 3. The van der Waals surface area contributed by atoms with E-state index < -0.39 is 31.1 Å². The SMILES string of the molecule is CCOP(=O)(CNC(=O)COc1ccc(Oc2ncccc2C(F)(F)F)cc1)OCC. The minimum Gasteiger partial charge on any atom is -0.484 e. The summed E-state index contributed by atoms with van der Waals surface area (Å²) in [5.74, 6) is -0.743. The Kier molecular flexibility index (Phi) is 8.85. The molecule has 1 aromatic heterocycles. The molecule has 2 aromatic rings. The van der Waals surface area contributed by atoms with Crippen molar-refractivity contribution < 1.29 is 41.1 Å². The van der Waals surface area contributed by atoms with Crippen molar-refractivity contribution in [2.24, 2.45) is 0 Å². The predicted octanol–water partition coefficient (Wildman–Crippen LogP) is 4.61. The molecule has 0 bridgehead atoms. The van der Waals surface area contributed by atoms with Crippen LogP contribution in [0.4, 0.5) is 13.2 Å². The van der Waals surface area contributed by atoms with Crippen molar-refractivity contribution in [2.45, 2.75) is 20.0 Å². The number of hydrogen-bond acceptors (Lipinski definition) is 7. The summed E-state index contributed by atoms with van der Waals surface area (Å²) in [5.41, 5.74) is -0.997. The van der Waals surface area contributed by atoms with Crippen molar-refractivity contribution in [2.75, 3.05) is 26.1 Å². The van der Waals surface area contributed by atoms with E-state index in [0.29, 0.717) is 0 Å². The lowest BCUT2D eigenvalue weighted by molar-refractivity contribution is -0.138. The minimum atomic E-state index is -4.60. The van der Waals surface area contributed by atoms with Crippen LogP contribution in [0.3, 0.4) is 0 Å². The summed E-state index contributed by atoms with van der Waals surface area (Å²) >= 11 is 0. The van der Waals surface area contributed by atoms with Gasteiger partial charge in [0.2, 0.25) is 5.88 Å². The van der Waals surface area contributed by atoms with E-state index in [4.69, 9.17) is 18.5 Å². The second-order valence-corrected chi connectivity index (χ2v) is 7.97. The number of benzene rings is 1. The number of carbonyl (C=O) groups excluding carboxylic acids is 1. The number of ether oxygens (including phenoxy) is 2. The molecule has 8 nitrogen and oxygen atoms in total. The fourth-order valence-corrected chi connectivity index (χ4v) is 3.72. The van der Waals surface area contributed by atoms with E-state index >= 15 is 0 Å². The fraction of sp³-hybridized carbons (Fsp3) is 0.368. The predicted molar refractivity (Wildman–Crippen MR) is 105 cm³/mol. The normalized spacial score (nSPS) is 11.8. The maximum atomic E-state index is 13.0. The zero-order valence-corrected chi connectivity index (χ0v) is 17.7. The Labute approximate surface area is 177 Å². The van der Waals surface area contributed by atoms with E-state index in [0.717, 1.165) is 6.07 Å². The number of aromatic nitrogens is 1. The average molecular weight is 462 g/mol. The summed E-state index contributed by atoms with van der Waals surface area (Å²) in [6, 6.07) is 7.63. The Hall–Kier alpha value is -2.62. The molecule has 0 aliphatic heterocycles. The van der Waals surface area contributed by atoms with E-state index in [1.807, 2.05) is 0 Å². The van der Waals surface area contributed by atoms with Crippen LogP contribution in [-0.2, 0) is 24.6 Å². The minimum absolute atomic E-state index is 0.107. The van der Waals surface area contributed by atoms with Gasteiger partial charge in [-0.05, 0) is 50.2 Å². The lowest BCUT2D eigenvalue weighted by Gasteiger charge is -2.17. The van der Waals surface area contributed by atoms with Crippen molar-refractivity contribution >= 4 is 13.5 Å². The molecule has 2 rings (SSSR count). The van der Waals surface area contributed by atoms with E-state index in [2.05, 4.69) is 10.3 Å². The van der Waals surface area contributed by atoms with Gasteiger partial charge in [-0.1, -0.05) is 0 Å². The molecule has 1 amide bonds. The number of hydrogen-bond donors (Lipinski definition) is 1. The monoisotopic (exact) mass is 462 g/mol. The smallest absolute Gasteiger partial charge is 0.421 e. The molecule has 0 unspecified atom stereocenters. The van der Waals surface area contributed by atoms with Crippen LogP contribution in [0, 0.1) is 0 Å². The summed E-state index contributed by atoms with van der Waals surface area (Å²) in [5, 5.41) is 2.41. The molecule has 0 aliphatic rings. The van der Waals surface area contributed by atoms with Gasteiger partial charge in [-0.25, -0.2) is 4.98 Å². The highest BCUT2D eigenvalue weighted by Gasteiger charge is 2.35. The molecular weight excluding hydrogens is 440 g/mol. The third-order valence-electron chi connectivity index (χ3n) is 3.61. The van der Waals surface area contributed by atoms with Gasteiger partial charge in [0.05, 0.1) is 13.2 Å². The molecule has 1 heterocycles. The molecule has 0 fully saturated rings. The van der Waals surface area contributed by atoms with Crippen molar-refractivity contribution in [3.8, 4) is 17.4 Å². The molecule has 0 spiro atoms. The second kappa shape index (κ2) is 11.1. The third-order valence-corrected chi connectivity index (χ3v) is 5.45. The highest BCUT2D eigenvalue weighted by Crippen LogP contribution is 2.46. The Morgan fingerprint density at radius 3 is 2.26 bits per heavy atom. The van der Waals surface area contributed by atoms with Gasteiger partial charge < -0.3 is 23.8 Å². The number of amides is 1. The first-order chi connectivity index (χ1) is 14.7. The van der Waals surface area contributed by atoms with E-state index in [1.165, 1.54) is 36.5 Å². The Morgan fingerprint density at radius 1 is 1.06 bits per heavy atom. The number of pyridine rings is 1. The number of nitrogens with zero attached hydrogens (tertiary/aromatic N) is 1. The molecule has 1 aromatic carbocycles. The summed E-state index contributed by atoms with van der Waals surface area (Å²) in [7, 11) is -3.42. The topological polar surface area (TPSA) is 96.0 Å². The van der Waals surface area contributed by atoms with Gasteiger partial charge in [0, 0.05) is 6.20 Å². The lowest BCUT2D eigenvalue weighted by atomic mass is 10.2. The van der Waals surface area contributed by atoms with Gasteiger partial charge in [0.15, 0.2) is 6.61 Å². The Bertz CT molecular complexity index is 898. The Balaban J connectivity index is 1.89. The molecule has 1 N–H and O–H groups in total. The maximum Gasteiger partial charge on any atom is 0.421 e. The van der Waals surface area contributed by atoms with Gasteiger partial charge in [-0.15, -0.1) is 0 Å². The van der Waals surface area contributed by atoms with Crippen LogP contribution < -0.4 is 14.8 Å². The molecule has 0 aliphatic carbocycles. The van der Waals surface area contributed by atoms with Gasteiger partial charge in [0.1, 0.15) is 23.3 Å². The number of alkyl halides is 3. The quantitative estimate of drug-likeness (QED) is 0.487. The van der Waals surface area contributed by atoms with E-state index in [1.54, 1.807) is 13.8 Å². The highest BCUT2D eigenvalue weighted by molar-refractivity contribution is 7.53. The lowest BCUT2D eigenvalue weighted by Crippen LogP contribution is -2.30. The van der Waals surface area contributed by atoms with Gasteiger partial charge in [0.25, 0.3) is 5.91 Å². The molecule has 170 valence electrons. The van der Waals surface area contributed by atoms with E-state index in [9.17, 15) is 22.5 Å². The van der Waals surface area contributed by atoms with Crippen LogP contribution in [0.1, 0.15) is 19.4 Å². The molecule has 0 saturated carbocycles. The first-order valence-corrected chi connectivity index (χ1v) is 11.0. The molecule has 0 saturated heterocycles. The maximum absolute atomic E-state index is 13.0. The van der Waals surface area contributed by atoms with Crippen LogP contribution in [0.5, 0.6) is 17.4 Å². The third kappa shape index (κ3) is 7.86. The van der Waals surface area contributed by atoms with Crippen molar-refractivity contribution in [3.05, 3.63) is 48.2 Å². The Morgan fingerprint density at radius 2 is 1.68 bits per heavy atom. The number of rotatable bonds is 11. The molecule has 0 atom stereocenters. The second-order valence-electron chi connectivity index (χ2n) is 5.92. The fourth-order valence-electron chi connectivity index (χ4n) is 2.31. The summed E-state index contributed by atoms with van der Waals surface area (Å²) in [6.07, 6.45) is -3.71. The first-order valence-electron chi connectivity index (χ1n) is 9.24. The molecular formula is C19H22F3N2O6P. The van der Waals surface area contributed by atoms with Crippen LogP contribution >= 0.6 is 7.60 Å².